The van der Waals surface area contributed by atoms with Gasteiger partial charge in [-0.05, 0) is 19.1 Å². The zero-order valence-corrected chi connectivity index (χ0v) is 11.2. The van der Waals surface area contributed by atoms with Crippen LogP contribution in [0.4, 0.5) is 8.78 Å². The second-order valence-electron chi connectivity index (χ2n) is 4.28. The Balaban J connectivity index is 1.93. The summed E-state index contributed by atoms with van der Waals surface area (Å²) in [5, 5.41) is 14.8. The maximum Gasteiger partial charge on any atom is 0.319 e. The van der Waals surface area contributed by atoms with Gasteiger partial charge in [-0.3, -0.25) is 9.36 Å². The van der Waals surface area contributed by atoms with Gasteiger partial charge < -0.3 is 14.9 Å². The summed E-state index contributed by atoms with van der Waals surface area (Å²) in [5.74, 6) is -0.201. The summed E-state index contributed by atoms with van der Waals surface area (Å²) >= 11 is 0. The number of aliphatic hydroxyl groups is 1. The smallest absolute Gasteiger partial charge is 0.319 e. The number of rotatable bonds is 6. The van der Waals surface area contributed by atoms with Crippen molar-refractivity contribution in [2.75, 3.05) is 6.54 Å². The molecule has 0 aromatic carbocycles. The Kier molecular flexibility index (Phi) is 4.63. The monoisotopic (exact) mass is 300 g/mol. The number of aliphatic hydroxyl groups excluding tert-OH is 1. The molecule has 0 aliphatic heterocycles. The predicted molar refractivity (Wildman–Crippen MR) is 66.7 cm³/mol. The standard InChI is InChI=1S/C12H14F2N4O3/c1-7-2-3-8(18(7)12(13)14)11(20)15-5-4-9-16-10(6-19)21-17-9/h2-3,12,19H,4-6H2,1H3,(H,15,20). The van der Waals surface area contributed by atoms with Gasteiger partial charge in [0.05, 0.1) is 0 Å². The maximum atomic E-state index is 12.8. The molecule has 0 spiro atoms. The molecule has 0 aliphatic rings. The van der Waals surface area contributed by atoms with Crippen LogP contribution >= 0.6 is 0 Å². The van der Waals surface area contributed by atoms with E-state index >= 15 is 0 Å². The molecule has 0 saturated carbocycles. The van der Waals surface area contributed by atoms with Gasteiger partial charge in [0, 0.05) is 18.7 Å². The number of nitrogens with one attached hydrogen (secondary N) is 1. The van der Waals surface area contributed by atoms with Crippen molar-refractivity contribution in [1.82, 2.24) is 20.0 Å². The van der Waals surface area contributed by atoms with Crippen LogP contribution in [0.25, 0.3) is 0 Å². The molecule has 2 aromatic heterocycles. The first-order valence-corrected chi connectivity index (χ1v) is 6.19. The maximum absolute atomic E-state index is 12.8. The van der Waals surface area contributed by atoms with Gasteiger partial charge >= 0.3 is 6.55 Å². The van der Waals surface area contributed by atoms with Crippen LogP contribution in [0.5, 0.6) is 0 Å². The summed E-state index contributed by atoms with van der Waals surface area (Å²) < 4.78 is 31.0. The van der Waals surface area contributed by atoms with Gasteiger partial charge in [0.1, 0.15) is 12.3 Å². The van der Waals surface area contributed by atoms with E-state index in [1.807, 2.05) is 0 Å². The molecule has 2 rings (SSSR count). The number of carbonyl (C=O) groups is 1. The largest absolute Gasteiger partial charge is 0.387 e. The minimum Gasteiger partial charge on any atom is -0.387 e. The van der Waals surface area contributed by atoms with Gasteiger partial charge in [-0.2, -0.15) is 13.8 Å². The molecule has 0 radical (unpaired) electrons. The van der Waals surface area contributed by atoms with Crippen molar-refractivity contribution in [1.29, 1.82) is 0 Å². The molecule has 7 nitrogen and oxygen atoms in total. The number of nitrogens with zero attached hydrogens (tertiary/aromatic N) is 3. The summed E-state index contributed by atoms with van der Waals surface area (Å²) in [5.41, 5.74) is 0.201. The van der Waals surface area contributed by atoms with Crippen molar-refractivity contribution in [3.8, 4) is 0 Å². The summed E-state index contributed by atoms with van der Waals surface area (Å²) in [4.78, 5) is 15.7. The van der Waals surface area contributed by atoms with Crippen molar-refractivity contribution in [3.05, 3.63) is 35.2 Å². The Bertz CT molecular complexity index is 624. The fourth-order valence-corrected chi connectivity index (χ4v) is 1.83. The van der Waals surface area contributed by atoms with Gasteiger partial charge in [-0.25, -0.2) is 0 Å². The number of hydrogen-bond donors (Lipinski definition) is 2. The fraction of sp³-hybridized carbons (Fsp3) is 0.417. The van der Waals surface area contributed by atoms with E-state index in [0.29, 0.717) is 16.1 Å². The van der Waals surface area contributed by atoms with Crippen LogP contribution in [0, 0.1) is 6.92 Å². The highest BCUT2D eigenvalue weighted by Crippen LogP contribution is 2.18. The van der Waals surface area contributed by atoms with Crippen molar-refractivity contribution >= 4 is 5.91 Å². The summed E-state index contributed by atoms with van der Waals surface area (Å²) in [6.45, 7) is -1.47. The fourth-order valence-electron chi connectivity index (χ4n) is 1.83. The van der Waals surface area contributed by atoms with Gasteiger partial charge in [0.25, 0.3) is 11.8 Å². The third-order valence-corrected chi connectivity index (χ3v) is 2.83. The molecule has 0 bridgehead atoms. The highest BCUT2D eigenvalue weighted by molar-refractivity contribution is 5.92. The van der Waals surface area contributed by atoms with Crippen LogP contribution in [0.2, 0.25) is 0 Å². The highest BCUT2D eigenvalue weighted by Gasteiger charge is 2.18. The Morgan fingerprint density at radius 1 is 1.52 bits per heavy atom. The number of halogens is 2. The van der Waals surface area contributed by atoms with E-state index in [4.69, 9.17) is 5.11 Å². The normalized spacial score (nSPS) is 11.1. The summed E-state index contributed by atoms with van der Waals surface area (Å²) in [6, 6.07) is 2.79. The third-order valence-electron chi connectivity index (χ3n) is 2.83. The van der Waals surface area contributed by atoms with E-state index in [1.54, 1.807) is 0 Å². The van der Waals surface area contributed by atoms with Gasteiger partial charge in [-0.15, -0.1) is 0 Å². The molecule has 114 valence electrons. The molecular formula is C12H14F2N4O3. The molecule has 0 saturated heterocycles. The zero-order chi connectivity index (χ0) is 15.4. The van der Waals surface area contributed by atoms with E-state index in [2.05, 4.69) is 20.0 Å². The molecule has 2 heterocycles. The van der Waals surface area contributed by atoms with Crippen LogP contribution in [0.3, 0.4) is 0 Å². The molecule has 2 N–H and O–H groups in total. The van der Waals surface area contributed by atoms with E-state index in [1.165, 1.54) is 19.1 Å². The van der Waals surface area contributed by atoms with Crippen molar-refractivity contribution in [3.63, 3.8) is 0 Å². The van der Waals surface area contributed by atoms with Crippen LogP contribution in [-0.4, -0.2) is 32.3 Å². The number of carbonyl (C=O) groups excluding carboxylic acids is 1. The van der Waals surface area contributed by atoms with Crippen LogP contribution in [-0.2, 0) is 13.0 Å². The lowest BCUT2D eigenvalue weighted by Gasteiger charge is -2.10. The molecule has 0 unspecified atom stereocenters. The predicted octanol–water partition coefficient (Wildman–Crippen LogP) is 1.04. The summed E-state index contributed by atoms with van der Waals surface area (Å²) in [7, 11) is 0. The number of aromatic nitrogens is 3. The van der Waals surface area contributed by atoms with Crippen LogP contribution in [0.1, 0.15) is 34.4 Å². The van der Waals surface area contributed by atoms with Crippen molar-refractivity contribution in [2.45, 2.75) is 26.5 Å². The highest BCUT2D eigenvalue weighted by atomic mass is 19.3. The Morgan fingerprint density at radius 3 is 2.90 bits per heavy atom. The lowest BCUT2D eigenvalue weighted by atomic mass is 10.3. The van der Waals surface area contributed by atoms with Gasteiger partial charge in [0.2, 0.25) is 0 Å². The van der Waals surface area contributed by atoms with E-state index in [0.717, 1.165) is 0 Å². The first-order valence-electron chi connectivity index (χ1n) is 6.19. The molecule has 0 atom stereocenters. The lowest BCUT2D eigenvalue weighted by molar-refractivity contribution is 0.0618. The minimum atomic E-state index is -2.77. The lowest BCUT2D eigenvalue weighted by Crippen LogP contribution is -2.28. The summed E-state index contributed by atoms with van der Waals surface area (Å²) in [6.07, 6.45) is 0.267. The third kappa shape index (κ3) is 3.43. The van der Waals surface area contributed by atoms with Gasteiger partial charge in [0.15, 0.2) is 5.82 Å². The second-order valence-corrected chi connectivity index (χ2v) is 4.28. The number of amides is 1. The Labute approximate surface area is 118 Å². The Hall–Kier alpha value is -2.29. The van der Waals surface area contributed by atoms with E-state index in [9.17, 15) is 13.6 Å². The van der Waals surface area contributed by atoms with E-state index in [-0.39, 0.29) is 31.2 Å². The SMILES string of the molecule is Cc1ccc(C(=O)NCCc2noc(CO)n2)n1C(F)F. The van der Waals surface area contributed by atoms with Crippen molar-refractivity contribution < 1.29 is 23.2 Å². The average Bonchev–Trinajstić information content (AvgIpc) is 3.04. The van der Waals surface area contributed by atoms with Crippen molar-refractivity contribution in [2.24, 2.45) is 0 Å². The zero-order valence-electron chi connectivity index (χ0n) is 11.2. The number of aryl methyl sites for hydroxylation is 1. The minimum absolute atomic E-state index is 0.0820. The number of hydrogen-bond acceptors (Lipinski definition) is 5. The topological polar surface area (TPSA) is 93.2 Å². The van der Waals surface area contributed by atoms with Gasteiger partial charge in [-0.1, -0.05) is 5.16 Å². The molecule has 2 aromatic rings. The molecular weight excluding hydrogens is 286 g/mol. The first kappa shape index (κ1) is 15.1. The second kappa shape index (κ2) is 6.44. The van der Waals surface area contributed by atoms with Crippen LogP contribution < -0.4 is 5.32 Å². The van der Waals surface area contributed by atoms with Crippen LogP contribution in [0.15, 0.2) is 16.7 Å². The Morgan fingerprint density at radius 2 is 2.29 bits per heavy atom. The van der Waals surface area contributed by atoms with E-state index < -0.39 is 12.5 Å². The average molecular weight is 300 g/mol. The first-order chi connectivity index (χ1) is 10.0. The molecule has 21 heavy (non-hydrogen) atoms. The molecule has 1 amide bonds. The molecule has 0 aliphatic carbocycles. The molecule has 9 heteroatoms. The quantitative estimate of drug-likeness (QED) is 0.831. The number of alkyl halides is 2. The molecule has 0 fully saturated rings.